The van der Waals surface area contributed by atoms with Crippen molar-refractivity contribution >= 4 is 46.4 Å². The molecule has 3 atom stereocenters. The van der Waals surface area contributed by atoms with Gasteiger partial charge in [0.15, 0.2) is 0 Å². The van der Waals surface area contributed by atoms with Crippen LogP contribution in [0.4, 0.5) is 18.9 Å². The van der Waals surface area contributed by atoms with Crippen LogP contribution in [0.25, 0.3) is 0 Å². The first-order valence-electron chi connectivity index (χ1n) is 11.0. The first kappa shape index (κ1) is 25.4. The van der Waals surface area contributed by atoms with Gasteiger partial charge in [-0.25, -0.2) is 23.1 Å². The quantitative estimate of drug-likeness (QED) is 0.534. The number of carbonyl (C=O) groups is 2. The molecular formula is C23H23ClF3N5O2S. The van der Waals surface area contributed by atoms with E-state index in [9.17, 15) is 22.8 Å². The van der Waals surface area contributed by atoms with E-state index < -0.39 is 35.5 Å². The van der Waals surface area contributed by atoms with Crippen molar-refractivity contribution in [3.05, 3.63) is 54.1 Å². The van der Waals surface area contributed by atoms with Crippen LogP contribution in [0.3, 0.4) is 0 Å². The summed E-state index contributed by atoms with van der Waals surface area (Å²) in [5.41, 5.74) is 0.776. The van der Waals surface area contributed by atoms with Gasteiger partial charge in [-0.05, 0) is 30.5 Å². The van der Waals surface area contributed by atoms with Crippen molar-refractivity contribution in [2.45, 2.75) is 54.6 Å². The number of aliphatic imine (C=N–C) groups is 1. The number of thioether (sulfide) groups is 1. The summed E-state index contributed by atoms with van der Waals surface area (Å²) in [5, 5.41) is 2.87. The Bertz CT molecular complexity index is 1060. The van der Waals surface area contributed by atoms with Crippen LogP contribution in [0, 0.1) is 0 Å². The van der Waals surface area contributed by atoms with Crippen LogP contribution >= 0.6 is 23.4 Å². The lowest BCUT2D eigenvalue weighted by Crippen LogP contribution is -2.49. The maximum absolute atomic E-state index is 14.1. The second-order valence-corrected chi connectivity index (χ2v) is 9.84. The zero-order valence-corrected chi connectivity index (χ0v) is 20.1. The van der Waals surface area contributed by atoms with Crippen molar-refractivity contribution in [2.24, 2.45) is 4.99 Å². The lowest BCUT2D eigenvalue weighted by atomic mass is 9.92. The van der Waals surface area contributed by atoms with E-state index in [2.05, 4.69) is 20.3 Å². The smallest absolute Gasteiger partial charge is 0.278 e. The average molecular weight is 526 g/mol. The number of amides is 2. The molecule has 0 saturated heterocycles. The first-order valence-corrected chi connectivity index (χ1v) is 12.4. The third-order valence-electron chi connectivity index (χ3n) is 6.00. The van der Waals surface area contributed by atoms with Gasteiger partial charge in [0.05, 0.1) is 17.3 Å². The highest BCUT2D eigenvalue weighted by atomic mass is 35.5. The molecule has 35 heavy (non-hydrogen) atoms. The molecule has 12 heteroatoms. The van der Waals surface area contributed by atoms with Crippen LogP contribution < -0.4 is 10.2 Å². The molecule has 0 spiro atoms. The number of anilines is 1. The lowest BCUT2D eigenvalue weighted by Gasteiger charge is -2.34. The Morgan fingerprint density at radius 2 is 1.80 bits per heavy atom. The van der Waals surface area contributed by atoms with Gasteiger partial charge in [-0.2, -0.15) is 0 Å². The molecule has 4 rings (SSSR count). The number of hydrogen-bond acceptors (Lipinski definition) is 6. The van der Waals surface area contributed by atoms with Crippen molar-refractivity contribution in [2.75, 3.05) is 11.4 Å². The van der Waals surface area contributed by atoms with Crippen LogP contribution in [0.5, 0.6) is 0 Å². The number of carbonyl (C=O) groups excluding carboxylic acids is 2. The zero-order valence-electron chi connectivity index (χ0n) is 18.5. The summed E-state index contributed by atoms with van der Waals surface area (Å²) >= 11 is 7.10. The summed E-state index contributed by atoms with van der Waals surface area (Å²) in [5.74, 6) is -4.57. The Kier molecular flexibility index (Phi) is 7.95. The van der Waals surface area contributed by atoms with Gasteiger partial charge in [0.2, 0.25) is 11.8 Å². The number of benzene rings is 1. The highest BCUT2D eigenvalue weighted by Gasteiger charge is 2.39. The van der Waals surface area contributed by atoms with E-state index in [0.717, 1.165) is 10.5 Å². The molecular weight excluding hydrogens is 503 g/mol. The van der Waals surface area contributed by atoms with Gasteiger partial charge in [-0.1, -0.05) is 23.7 Å². The van der Waals surface area contributed by atoms with Crippen molar-refractivity contribution in [3.63, 3.8) is 0 Å². The summed E-state index contributed by atoms with van der Waals surface area (Å²) in [6, 6.07) is 4.91. The molecule has 1 aliphatic heterocycles. The molecule has 0 radical (unpaired) electrons. The number of nitrogens with zero attached hydrogens (tertiary/aromatic N) is 4. The van der Waals surface area contributed by atoms with Gasteiger partial charge >= 0.3 is 0 Å². The van der Waals surface area contributed by atoms with Gasteiger partial charge in [-0.3, -0.25) is 19.5 Å². The maximum Gasteiger partial charge on any atom is 0.278 e. The van der Waals surface area contributed by atoms with Crippen LogP contribution in [-0.4, -0.2) is 51.5 Å². The van der Waals surface area contributed by atoms with Crippen molar-refractivity contribution < 1.29 is 22.8 Å². The average Bonchev–Trinajstić information content (AvgIpc) is 3.39. The zero-order chi connectivity index (χ0) is 25.0. The Hall–Kier alpha value is -2.66. The summed E-state index contributed by atoms with van der Waals surface area (Å²) < 4.78 is 41.3. The first-order chi connectivity index (χ1) is 16.7. The summed E-state index contributed by atoms with van der Waals surface area (Å²) in [7, 11) is 0. The van der Waals surface area contributed by atoms with Crippen molar-refractivity contribution in [1.82, 2.24) is 15.3 Å². The number of nitrogens with one attached hydrogen (secondary N) is 1. The van der Waals surface area contributed by atoms with Gasteiger partial charge in [0.1, 0.15) is 12.4 Å². The molecule has 0 bridgehead atoms. The Morgan fingerprint density at radius 1 is 1.14 bits per heavy atom. The second-order valence-electron chi connectivity index (χ2n) is 8.41. The van der Waals surface area contributed by atoms with Gasteiger partial charge < -0.3 is 5.32 Å². The lowest BCUT2D eigenvalue weighted by molar-refractivity contribution is -0.128. The molecule has 186 valence electrons. The molecule has 1 aliphatic carbocycles. The fraction of sp³-hybridized carbons (Fsp3) is 0.435. The molecule has 1 aromatic carbocycles. The largest absolute Gasteiger partial charge is 0.351 e. The molecule has 1 saturated carbocycles. The summed E-state index contributed by atoms with van der Waals surface area (Å²) in [4.78, 5) is 39.4. The molecule has 2 aromatic rings. The van der Waals surface area contributed by atoms with E-state index in [1.807, 2.05) is 0 Å². The number of hydrogen-bond donors (Lipinski definition) is 1. The molecule has 2 aliphatic rings. The summed E-state index contributed by atoms with van der Waals surface area (Å²) in [6.07, 6.45) is 3.41. The van der Waals surface area contributed by atoms with Crippen LogP contribution in [0.2, 0.25) is 0 Å². The Morgan fingerprint density at radius 3 is 2.37 bits per heavy atom. The predicted octanol–water partition coefficient (Wildman–Crippen LogP) is 4.60. The number of rotatable bonds is 7. The van der Waals surface area contributed by atoms with E-state index in [1.165, 1.54) is 18.7 Å². The van der Waals surface area contributed by atoms with E-state index in [4.69, 9.17) is 11.6 Å². The second kappa shape index (κ2) is 10.9. The molecule has 1 unspecified atom stereocenters. The Labute approximate surface area is 209 Å². The van der Waals surface area contributed by atoms with Gasteiger partial charge in [0.25, 0.3) is 11.5 Å². The molecule has 1 fully saturated rings. The summed E-state index contributed by atoms with van der Waals surface area (Å²) in [6.45, 7) is 0.619. The van der Waals surface area contributed by atoms with Crippen molar-refractivity contribution in [1.29, 1.82) is 0 Å². The molecule has 7 nitrogen and oxygen atoms in total. The minimum Gasteiger partial charge on any atom is -0.351 e. The molecule has 1 N–H and O–H groups in total. The number of alkyl halides is 4. The Balaban J connectivity index is 1.66. The van der Waals surface area contributed by atoms with Gasteiger partial charge in [0, 0.05) is 42.5 Å². The molecule has 1 aromatic heterocycles. The minimum absolute atomic E-state index is 0.0851. The SMILES string of the molecule is O=C(NC1CCC(F)(F)CC1)[C@@H](c1cncnc1)N(C(=O)[C@H](F)Cl)c1ccc(C2CN=CS2)cc1. The fourth-order valence-corrected chi connectivity index (χ4v) is 5.09. The minimum atomic E-state index is -2.76. The molecule has 2 amide bonds. The van der Waals surface area contributed by atoms with E-state index >= 15 is 0 Å². The van der Waals surface area contributed by atoms with E-state index in [-0.39, 0.29) is 42.2 Å². The number of halogens is 4. The van der Waals surface area contributed by atoms with E-state index in [0.29, 0.717) is 6.54 Å². The maximum atomic E-state index is 14.1. The van der Waals surface area contributed by atoms with E-state index in [1.54, 1.807) is 41.6 Å². The molecule has 2 heterocycles. The van der Waals surface area contributed by atoms with Crippen LogP contribution in [0.15, 0.2) is 48.0 Å². The highest BCUT2D eigenvalue weighted by molar-refractivity contribution is 8.12. The normalized spacial score (nSPS) is 21.3. The highest BCUT2D eigenvalue weighted by Crippen LogP contribution is 2.36. The van der Waals surface area contributed by atoms with Crippen molar-refractivity contribution in [3.8, 4) is 0 Å². The van der Waals surface area contributed by atoms with Gasteiger partial charge in [-0.15, -0.1) is 11.8 Å². The van der Waals surface area contributed by atoms with Crippen LogP contribution in [-0.2, 0) is 9.59 Å². The third kappa shape index (κ3) is 6.13. The van der Waals surface area contributed by atoms with Crippen LogP contribution in [0.1, 0.15) is 48.1 Å². The number of aromatic nitrogens is 2. The monoisotopic (exact) mass is 525 g/mol. The standard InChI is InChI=1S/C23H23ClF3N5O2S/c24-20(25)22(34)32(17-3-1-14(2-4-17)18-11-30-13-35-18)19(15-9-28-12-29-10-15)21(33)31-16-5-7-23(26,27)8-6-16/h1-4,9-10,12-13,16,18-20H,5-8,11H2,(H,31,33)/t18?,19-,20+/m1/s1. The predicted molar refractivity (Wildman–Crippen MR) is 128 cm³/mol. The third-order valence-corrected chi connectivity index (χ3v) is 7.21. The topological polar surface area (TPSA) is 87.5 Å². The fourth-order valence-electron chi connectivity index (χ4n) is 4.17.